The van der Waals surface area contributed by atoms with Gasteiger partial charge in [0.05, 0.1) is 6.42 Å². The van der Waals surface area contributed by atoms with Crippen LogP contribution in [0.5, 0.6) is 0 Å². The maximum atomic E-state index is 10.7. The highest BCUT2D eigenvalue weighted by atomic mass is 16.4. The molecule has 4 heteroatoms. The first-order chi connectivity index (χ1) is 7.68. The van der Waals surface area contributed by atoms with Gasteiger partial charge in [-0.2, -0.15) is 0 Å². The summed E-state index contributed by atoms with van der Waals surface area (Å²) in [5, 5.41) is 8.77. The molecular formula is C12H18N2O2. The lowest BCUT2D eigenvalue weighted by Crippen LogP contribution is -2.12. The molecule has 0 unspecified atom stereocenters. The topological polar surface area (TPSA) is 55.1 Å². The fourth-order valence-electron chi connectivity index (χ4n) is 2.52. The van der Waals surface area contributed by atoms with Gasteiger partial charge in [-0.1, -0.05) is 19.3 Å². The van der Waals surface area contributed by atoms with Crippen molar-refractivity contribution < 1.29 is 9.90 Å². The SMILES string of the molecule is Cn1c(CC(=O)O)cnc1C1CCCCC1. The minimum Gasteiger partial charge on any atom is -0.481 e. The summed E-state index contributed by atoms with van der Waals surface area (Å²) < 4.78 is 1.96. The zero-order valence-electron chi connectivity index (χ0n) is 9.65. The minimum absolute atomic E-state index is 0.0657. The Hall–Kier alpha value is -1.32. The molecule has 0 aromatic carbocycles. The average molecular weight is 222 g/mol. The maximum absolute atomic E-state index is 10.7. The molecule has 2 rings (SSSR count). The molecular weight excluding hydrogens is 204 g/mol. The molecule has 0 radical (unpaired) electrons. The summed E-state index contributed by atoms with van der Waals surface area (Å²) in [5.41, 5.74) is 0.799. The van der Waals surface area contributed by atoms with Crippen molar-refractivity contribution in [1.82, 2.24) is 9.55 Å². The predicted octanol–water partition coefficient (Wildman–Crippen LogP) is 2.09. The van der Waals surface area contributed by atoms with E-state index in [9.17, 15) is 4.79 Å². The van der Waals surface area contributed by atoms with Crippen molar-refractivity contribution in [2.75, 3.05) is 0 Å². The first-order valence-electron chi connectivity index (χ1n) is 5.90. The summed E-state index contributed by atoms with van der Waals surface area (Å²) in [6.07, 6.45) is 8.02. The van der Waals surface area contributed by atoms with E-state index in [1.54, 1.807) is 6.20 Å². The van der Waals surface area contributed by atoms with Gasteiger partial charge in [-0.05, 0) is 12.8 Å². The van der Waals surface area contributed by atoms with Gasteiger partial charge in [0.25, 0.3) is 0 Å². The van der Waals surface area contributed by atoms with E-state index in [4.69, 9.17) is 5.11 Å². The Morgan fingerprint density at radius 1 is 1.50 bits per heavy atom. The van der Waals surface area contributed by atoms with Crippen LogP contribution in [0, 0.1) is 0 Å². The fraction of sp³-hybridized carbons (Fsp3) is 0.667. The number of carbonyl (C=O) groups is 1. The van der Waals surface area contributed by atoms with Crippen LogP contribution in [0.15, 0.2) is 6.20 Å². The molecule has 1 N–H and O–H groups in total. The van der Waals surface area contributed by atoms with Crippen LogP contribution in [0.3, 0.4) is 0 Å². The third-order valence-electron chi connectivity index (χ3n) is 3.42. The van der Waals surface area contributed by atoms with Crippen LogP contribution < -0.4 is 0 Å². The molecule has 1 aromatic heterocycles. The molecule has 1 aliphatic carbocycles. The lowest BCUT2D eigenvalue weighted by molar-refractivity contribution is -0.136. The third-order valence-corrected chi connectivity index (χ3v) is 3.42. The Bertz CT molecular complexity index is 378. The number of aromatic nitrogens is 2. The zero-order valence-corrected chi connectivity index (χ0v) is 9.65. The second-order valence-corrected chi connectivity index (χ2v) is 4.57. The largest absolute Gasteiger partial charge is 0.481 e. The molecule has 0 aliphatic heterocycles. The molecule has 16 heavy (non-hydrogen) atoms. The number of carboxylic acid groups (broad SMARTS) is 1. The number of carboxylic acids is 1. The third kappa shape index (κ3) is 2.26. The van der Waals surface area contributed by atoms with E-state index >= 15 is 0 Å². The Morgan fingerprint density at radius 2 is 2.19 bits per heavy atom. The molecule has 4 nitrogen and oxygen atoms in total. The number of imidazole rings is 1. The van der Waals surface area contributed by atoms with Crippen LogP contribution in [-0.4, -0.2) is 20.6 Å². The highest BCUT2D eigenvalue weighted by molar-refractivity contribution is 5.69. The smallest absolute Gasteiger partial charge is 0.309 e. The number of rotatable bonds is 3. The molecule has 1 heterocycles. The van der Waals surface area contributed by atoms with Crippen LogP contribution in [0.1, 0.15) is 49.5 Å². The average Bonchev–Trinajstić information content (AvgIpc) is 2.61. The lowest BCUT2D eigenvalue weighted by Gasteiger charge is -2.21. The highest BCUT2D eigenvalue weighted by Crippen LogP contribution is 2.31. The van der Waals surface area contributed by atoms with Crippen molar-refractivity contribution in [1.29, 1.82) is 0 Å². The molecule has 0 spiro atoms. The van der Waals surface area contributed by atoms with Crippen LogP contribution in [0.2, 0.25) is 0 Å². The van der Waals surface area contributed by atoms with Gasteiger partial charge in [0, 0.05) is 24.9 Å². The first-order valence-corrected chi connectivity index (χ1v) is 5.90. The van der Waals surface area contributed by atoms with Crippen LogP contribution in [0.4, 0.5) is 0 Å². The summed E-state index contributed by atoms with van der Waals surface area (Å²) >= 11 is 0. The van der Waals surface area contributed by atoms with Gasteiger partial charge in [0.15, 0.2) is 0 Å². The van der Waals surface area contributed by atoms with E-state index in [2.05, 4.69) is 4.98 Å². The molecule has 1 fully saturated rings. The van der Waals surface area contributed by atoms with Gasteiger partial charge in [0.1, 0.15) is 5.82 Å². The van der Waals surface area contributed by atoms with Crippen LogP contribution in [-0.2, 0) is 18.3 Å². The molecule has 1 saturated carbocycles. The molecule has 0 bridgehead atoms. The van der Waals surface area contributed by atoms with Crippen molar-refractivity contribution in [2.24, 2.45) is 7.05 Å². The summed E-state index contributed by atoms with van der Waals surface area (Å²) in [7, 11) is 1.93. The Labute approximate surface area is 95.3 Å². The number of aliphatic carboxylic acids is 1. The van der Waals surface area contributed by atoms with E-state index in [0.29, 0.717) is 5.92 Å². The van der Waals surface area contributed by atoms with E-state index in [0.717, 1.165) is 11.5 Å². The molecule has 88 valence electrons. The molecule has 1 aliphatic rings. The lowest BCUT2D eigenvalue weighted by atomic mass is 9.89. The van der Waals surface area contributed by atoms with E-state index in [-0.39, 0.29) is 6.42 Å². The Kier molecular flexibility index (Phi) is 3.27. The summed E-state index contributed by atoms with van der Waals surface area (Å²) in [4.78, 5) is 15.1. The predicted molar refractivity (Wildman–Crippen MR) is 60.4 cm³/mol. The van der Waals surface area contributed by atoms with Gasteiger partial charge in [-0.25, -0.2) is 4.98 Å². The van der Waals surface area contributed by atoms with E-state index < -0.39 is 5.97 Å². The molecule has 0 saturated heterocycles. The van der Waals surface area contributed by atoms with Gasteiger partial charge >= 0.3 is 5.97 Å². The van der Waals surface area contributed by atoms with Gasteiger partial charge in [-0.15, -0.1) is 0 Å². The normalized spacial score (nSPS) is 17.6. The zero-order chi connectivity index (χ0) is 11.5. The van der Waals surface area contributed by atoms with Gasteiger partial charge < -0.3 is 9.67 Å². The second-order valence-electron chi connectivity index (χ2n) is 4.57. The summed E-state index contributed by atoms with van der Waals surface area (Å²) in [5.74, 6) is 0.801. The van der Waals surface area contributed by atoms with Crippen molar-refractivity contribution in [3.8, 4) is 0 Å². The van der Waals surface area contributed by atoms with E-state index in [1.807, 2.05) is 11.6 Å². The summed E-state index contributed by atoms with van der Waals surface area (Å²) in [6, 6.07) is 0. The monoisotopic (exact) mass is 222 g/mol. The molecule has 0 atom stereocenters. The van der Waals surface area contributed by atoms with Crippen LogP contribution in [0.25, 0.3) is 0 Å². The fourth-order valence-corrected chi connectivity index (χ4v) is 2.52. The van der Waals surface area contributed by atoms with Crippen LogP contribution >= 0.6 is 0 Å². The minimum atomic E-state index is -0.793. The number of nitrogens with zero attached hydrogens (tertiary/aromatic N) is 2. The van der Waals surface area contributed by atoms with Gasteiger partial charge in [-0.3, -0.25) is 4.79 Å². The first kappa shape index (κ1) is 11.2. The maximum Gasteiger partial charge on any atom is 0.309 e. The van der Waals surface area contributed by atoms with Crippen molar-refractivity contribution in [3.05, 3.63) is 17.7 Å². The molecule has 0 amide bonds. The van der Waals surface area contributed by atoms with Crippen molar-refractivity contribution >= 4 is 5.97 Å². The van der Waals surface area contributed by atoms with Crippen molar-refractivity contribution in [2.45, 2.75) is 44.4 Å². The van der Waals surface area contributed by atoms with Gasteiger partial charge in [0.2, 0.25) is 0 Å². The highest BCUT2D eigenvalue weighted by Gasteiger charge is 2.20. The number of hydrogen-bond acceptors (Lipinski definition) is 2. The standard InChI is InChI=1S/C12H18N2O2/c1-14-10(7-11(15)16)8-13-12(14)9-5-3-2-4-6-9/h8-9H,2-7H2,1H3,(H,15,16). The van der Waals surface area contributed by atoms with Crippen molar-refractivity contribution in [3.63, 3.8) is 0 Å². The second kappa shape index (κ2) is 4.68. The Morgan fingerprint density at radius 3 is 2.81 bits per heavy atom. The summed E-state index contributed by atoms with van der Waals surface area (Å²) in [6.45, 7) is 0. The molecule has 1 aromatic rings. The number of hydrogen-bond donors (Lipinski definition) is 1. The quantitative estimate of drug-likeness (QED) is 0.852. The Balaban J connectivity index is 2.15. The van der Waals surface area contributed by atoms with E-state index in [1.165, 1.54) is 32.1 Å².